The first-order valence-corrected chi connectivity index (χ1v) is 7.96. The Balaban J connectivity index is 1.48. The molecule has 0 aromatic carbocycles. The van der Waals surface area contributed by atoms with Crippen molar-refractivity contribution in [3.63, 3.8) is 0 Å². The van der Waals surface area contributed by atoms with Gasteiger partial charge >= 0.3 is 0 Å². The molecule has 108 valence electrons. The molecule has 1 N–H and O–H groups in total. The van der Waals surface area contributed by atoms with E-state index in [4.69, 9.17) is 0 Å². The minimum atomic E-state index is -0.192. The molecule has 1 saturated heterocycles. The van der Waals surface area contributed by atoms with Gasteiger partial charge in [0.05, 0.1) is 12.5 Å². The van der Waals surface area contributed by atoms with Gasteiger partial charge in [0.15, 0.2) is 0 Å². The lowest BCUT2D eigenvalue weighted by Crippen LogP contribution is -2.33. The second-order valence-corrected chi connectivity index (χ2v) is 6.69. The summed E-state index contributed by atoms with van der Waals surface area (Å²) in [6.07, 6.45) is 2.81. The Kier molecular flexibility index (Phi) is 3.74. The van der Waals surface area contributed by atoms with Gasteiger partial charge in [0.25, 0.3) is 0 Å². The van der Waals surface area contributed by atoms with Crippen LogP contribution in [0.2, 0.25) is 0 Å². The number of thiazole rings is 1. The molecule has 3 rings (SSSR count). The van der Waals surface area contributed by atoms with Gasteiger partial charge in [-0.05, 0) is 25.7 Å². The molecule has 20 heavy (non-hydrogen) atoms. The quantitative estimate of drug-likeness (QED) is 0.891. The summed E-state index contributed by atoms with van der Waals surface area (Å²) in [5.74, 6) is 0.591. The maximum atomic E-state index is 12.1. The Morgan fingerprint density at radius 1 is 1.55 bits per heavy atom. The number of nitrogens with zero attached hydrogens (tertiary/aromatic N) is 2. The van der Waals surface area contributed by atoms with E-state index in [1.807, 2.05) is 17.2 Å². The summed E-state index contributed by atoms with van der Waals surface area (Å²) in [4.78, 5) is 30.1. The molecule has 0 spiro atoms. The predicted octanol–water partition coefficient (Wildman–Crippen LogP) is 1.33. The minimum Gasteiger partial charge on any atom is -0.349 e. The zero-order valence-corrected chi connectivity index (χ0v) is 12.4. The fourth-order valence-corrected chi connectivity index (χ4v) is 3.24. The monoisotopic (exact) mass is 293 g/mol. The number of carbonyl (C=O) groups is 2. The first-order valence-electron chi connectivity index (χ1n) is 7.08. The van der Waals surface area contributed by atoms with Crippen molar-refractivity contribution in [2.75, 3.05) is 13.1 Å². The highest BCUT2D eigenvalue weighted by Gasteiger charge is 2.36. The minimum absolute atomic E-state index is 0.0236. The second-order valence-electron chi connectivity index (χ2n) is 5.74. The van der Waals surface area contributed by atoms with Crippen LogP contribution in [0.15, 0.2) is 5.38 Å². The van der Waals surface area contributed by atoms with Crippen LogP contribution in [0.25, 0.3) is 0 Å². The van der Waals surface area contributed by atoms with Crippen LogP contribution in [0.4, 0.5) is 0 Å². The van der Waals surface area contributed by atoms with Crippen LogP contribution in [-0.2, 0) is 16.1 Å². The number of aryl methyl sites for hydroxylation is 1. The molecule has 1 saturated carbocycles. The van der Waals surface area contributed by atoms with Crippen molar-refractivity contribution in [3.8, 4) is 0 Å². The van der Waals surface area contributed by atoms with Crippen molar-refractivity contribution in [1.29, 1.82) is 0 Å². The SMILES string of the molecule is Cc1csc(CNC(=O)C2CC(=O)N(CC3CC3)C2)n1. The Labute approximate surface area is 122 Å². The smallest absolute Gasteiger partial charge is 0.225 e. The maximum Gasteiger partial charge on any atom is 0.225 e. The van der Waals surface area contributed by atoms with Crippen LogP contribution in [0, 0.1) is 18.8 Å². The standard InChI is InChI=1S/C14H19N3O2S/c1-9-8-20-12(16-9)5-15-14(19)11-4-13(18)17(7-11)6-10-2-3-10/h8,10-11H,2-7H2,1H3,(H,15,19). The lowest BCUT2D eigenvalue weighted by atomic mass is 10.1. The fraction of sp³-hybridized carbons (Fsp3) is 0.643. The molecule has 1 aliphatic heterocycles. The predicted molar refractivity (Wildman–Crippen MR) is 76.1 cm³/mol. The summed E-state index contributed by atoms with van der Waals surface area (Å²) in [6.45, 7) is 3.82. The molecule has 2 aliphatic rings. The van der Waals surface area contributed by atoms with E-state index in [9.17, 15) is 9.59 Å². The first-order chi connectivity index (χ1) is 9.61. The number of hydrogen-bond acceptors (Lipinski definition) is 4. The average molecular weight is 293 g/mol. The molecule has 5 nitrogen and oxygen atoms in total. The molecule has 0 bridgehead atoms. The number of hydrogen-bond donors (Lipinski definition) is 1. The number of carbonyl (C=O) groups excluding carboxylic acids is 2. The Morgan fingerprint density at radius 3 is 3.00 bits per heavy atom. The molecule has 0 radical (unpaired) electrons. The summed E-state index contributed by atoms with van der Waals surface area (Å²) in [5, 5.41) is 5.78. The first kappa shape index (κ1) is 13.5. The van der Waals surface area contributed by atoms with E-state index >= 15 is 0 Å². The second kappa shape index (κ2) is 5.52. The highest BCUT2D eigenvalue weighted by atomic mass is 32.1. The van der Waals surface area contributed by atoms with Crippen LogP contribution in [0.5, 0.6) is 0 Å². The normalized spacial score (nSPS) is 22.4. The summed E-state index contributed by atoms with van der Waals surface area (Å²) in [5.41, 5.74) is 0.978. The van der Waals surface area contributed by atoms with Crippen LogP contribution >= 0.6 is 11.3 Å². The van der Waals surface area contributed by atoms with Crippen LogP contribution in [0.3, 0.4) is 0 Å². The van der Waals surface area contributed by atoms with Gasteiger partial charge in [-0.3, -0.25) is 9.59 Å². The van der Waals surface area contributed by atoms with Crippen molar-refractivity contribution in [3.05, 3.63) is 16.1 Å². The molecular weight excluding hydrogens is 274 g/mol. The van der Waals surface area contributed by atoms with Gasteiger partial charge in [-0.1, -0.05) is 0 Å². The maximum absolute atomic E-state index is 12.1. The van der Waals surface area contributed by atoms with Crippen molar-refractivity contribution in [2.45, 2.75) is 32.7 Å². The Bertz CT molecular complexity index is 524. The van der Waals surface area contributed by atoms with E-state index in [-0.39, 0.29) is 17.7 Å². The van der Waals surface area contributed by atoms with E-state index < -0.39 is 0 Å². The Morgan fingerprint density at radius 2 is 2.35 bits per heavy atom. The number of likely N-dealkylation sites (tertiary alicyclic amines) is 1. The third-order valence-corrected chi connectivity index (χ3v) is 4.81. The molecule has 1 unspecified atom stereocenters. The van der Waals surface area contributed by atoms with Crippen molar-refractivity contribution in [1.82, 2.24) is 15.2 Å². The average Bonchev–Trinajstić information content (AvgIpc) is 3.02. The highest BCUT2D eigenvalue weighted by Crippen LogP contribution is 2.32. The summed E-state index contributed by atoms with van der Waals surface area (Å²) < 4.78 is 0. The highest BCUT2D eigenvalue weighted by molar-refractivity contribution is 7.09. The Hall–Kier alpha value is -1.43. The van der Waals surface area contributed by atoms with Crippen LogP contribution in [0.1, 0.15) is 30.0 Å². The van der Waals surface area contributed by atoms with Gasteiger partial charge in [0.2, 0.25) is 11.8 Å². The van der Waals surface area contributed by atoms with Gasteiger partial charge in [-0.25, -0.2) is 4.98 Å². The van der Waals surface area contributed by atoms with Gasteiger partial charge in [-0.2, -0.15) is 0 Å². The van der Waals surface area contributed by atoms with Gasteiger partial charge in [0, 0.05) is 30.6 Å². The zero-order valence-electron chi connectivity index (χ0n) is 11.6. The summed E-state index contributed by atoms with van der Waals surface area (Å²) in [7, 11) is 0. The molecule has 1 aromatic heterocycles. The molecule has 2 heterocycles. The molecule has 6 heteroatoms. The molecular formula is C14H19N3O2S. The number of aromatic nitrogens is 1. The number of rotatable bonds is 5. The van der Waals surface area contributed by atoms with Crippen molar-refractivity contribution in [2.24, 2.45) is 11.8 Å². The number of amides is 2. The van der Waals surface area contributed by atoms with E-state index in [0.29, 0.717) is 25.4 Å². The third-order valence-electron chi connectivity index (χ3n) is 3.84. The van der Waals surface area contributed by atoms with E-state index in [1.54, 1.807) is 11.3 Å². The molecule has 2 fully saturated rings. The van der Waals surface area contributed by atoms with Crippen molar-refractivity contribution < 1.29 is 9.59 Å². The molecule has 2 amide bonds. The van der Waals surface area contributed by atoms with Gasteiger partial charge < -0.3 is 10.2 Å². The largest absolute Gasteiger partial charge is 0.349 e. The fourth-order valence-electron chi connectivity index (χ4n) is 2.53. The van der Waals surface area contributed by atoms with Crippen LogP contribution in [-0.4, -0.2) is 34.8 Å². The summed E-state index contributed by atoms with van der Waals surface area (Å²) >= 11 is 1.55. The molecule has 1 aliphatic carbocycles. The number of nitrogens with one attached hydrogen (secondary N) is 1. The van der Waals surface area contributed by atoms with E-state index in [0.717, 1.165) is 17.2 Å². The van der Waals surface area contributed by atoms with E-state index in [2.05, 4.69) is 10.3 Å². The molecule has 1 aromatic rings. The molecule has 1 atom stereocenters. The summed E-state index contributed by atoms with van der Waals surface area (Å²) in [6, 6.07) is 0. The lowest BCUT2D eigenvalue weighted by molar-refractivity contribution is -0.129. The third kappa shape index (κ3) is 3.17. The van der Waals surface area contributed by atoms with E-state index in [1.165, 1.54) is 12.8 Å². The lowest BCUT2D eigenvalue weighted by Gasteiger charge is -2.15. The van der Waals surface area contributed by atoms with Gasteiger partial charge in [0.1, 0.15) is 5.01 Å². The van der Waals surface area contributed by atoms with Gasteiger partial charge in [-0.15, -0.1) is 11.3 Å². The van der Waals surface area contributed by atoms with Crippen LogP contribution < -0.4 is 5.32 Å². The topological polar surface area (TPSA) is 62.3 Å². The zero-order chi connectivity index (χ0) is 14.1. The van der Waals surface area contributed by atoms with Crippen molar-refractivity contribution >= 4 is 23.2 Å².